The zero-order valence-corrected chi connectivity index (χ0v) is 14.2. The molecule has 0 aromatic heterocycles. The summed E-state index contributed by atoms with van der Waals surface area (Å²) in [5, 5.41) is 4.11. The molecule has 1 amide bonds. The van der Waals surface area contributed by atoms with Gasteiger partial charge in [-0.3, -0.25) is 4.79 Å². The van der Waals surface area contributed by atoms with Gasteiger partial charge in [0, 0.05) is 27.2 Å². The number of nitrogens with one attached hydrogen (secondary N) is 1. The van der Waals surface area contributed by atoms with Crippen LogP contribution >= 0.6 is 34.2 Å². The van der Waals surface area contributed by atoms with E-state index in [0.717, 1.165) is 35.1 Å². The molecule has 1 aliphatic heterocycles. The molecule has 108 valence electrons. The lowest BCUT2D eigenvalue weighted by Gasteiger charge is -2.26. The van der Waals surface area contributed by atoms with Crippen molar-refractivity contribution in [3.8, 4) is 0 Å². The molecule has 0 spiro atoms. The average molecular weight is 405 g/mol. The molecule has 1 heterocycles. The Labute approximate surface area is 138 Å². The molecule has 1 aromatic rings. The monoisotopic (exact) mass is 404 g/mol. The maximum Gasteiger partial charge on any atom is 0.255 e. The Morgan fingerprint density at radius 1 is 1.40 bits per heavy atom. The first-order valence-corrected chi connectivity index (χ1v) is 8.60. The van der Waals surface area contributed by atoms with Gasteiger partial charge in [0.15, 0.2) is 0 Å². The third-order valence-corrected chi connectivity index (χ3v) is 5.16. The fourth-order valence-electron chi connectivity index (χ4n) is 2.75. The quantitative estimate of drug-likeness (QED) is 0.781. The highest BCUT2D eigenvalue weighted by Gasteiger charge is 2.35. The van der Waals surface area contributed by atoms with E-state index in [2.05, 4.69) is 32.8 Å². The zero-order valence-electron chi connectivity index (χ0n) is 11.2. The number of nitrogens with zero attached hydrogens (tertiary/aromatic N) is 1. The lowest BCUT2D eigenvalue weighted by Crippen LogP contribution is -2.42. The summed E-state index contributed by atoms with van der Waals surface area (Å²) in [7, 11) is 0. The molecule has 1 atom stereocenters. The second kappa shape index (κ2) is 6.20. The Kier molecular flexibility index (Phi) is 4.52. The molecule has 0 bridgehead atoms. The van der Waals surface area contributed by atoms with Gasteiger partial charge in [0.2, 0.25) is 0 Å². The van der Waals surface area contributed by atoms with Crippen LogP contribution in [0, 0.1) is 3.57 Å². The molecular formula is C15H18ClIN2O. The second-order valence-electron chi connectivity index (χ2n) is 5.61. The van der Waals surface area contributed by atoms with Crippen LogP contribution in [-0.2, 0) is 0 Å². The molecule has 1 aromatic carbocycles. The highest BCUT2D eigenvalue weighted by molar-refractivity contribution is 14.1. The van der Waals surface area contributed by atoms with Crippen molar-refractivity contribution in [1.29, 1.82) is 0 Å². The summed E-state index contributed by atoms with van der Waals surface area (Å²) in [6.45, 7) is 1.90. The molecular weight excluding hydrogens is 387 g/mol. The number of hydrogen-bond acceptors (Lipinski definition) is 2. The van der Waals surface area contributed by atoms with E-state index in [0.29, 0.717) is 17.1 Å². The Morgan fingerprint density at radius 2 is 2.20 bits per heavy atom. The summed E-state index contributed by atoms with van der Waals surface area (Å²) in [4.78, 5) is 14.9. The molecule has 2 fully saturated rings. The summed E-state index contributed by atoms with van der Waals surface area (Å²) >= 11 is 8.26. The molecule has 3 nitrogen and oxygen atoms in total. The van der Waals surface area contributed by atoms with Gasteiger partial charge in [0.1, 0.15) is 0 Å². The van der Waals surface area contributed by atoms with Crippen molar-refractivity contribution in [1.82, 2.24) is 10.2 Å². The van der Waals surface area contributed by atoms with Crippen LogP contribution in [0.5, 0.6) is 0 Å². The summed E-state index contributed by atoms with van der Waals surface area (Å²) < 4.78 is 0.974. The standard InChI is InChI=1S/C15H18ClIN2O/c16-10-3-6-14(17)13(8-10)15(20)19(12-4-5-12)9-11-2-1-7-18-11/h3,6,8,11-12,18H,1-2,4-5,7,9H2. The van der Waals surface area contributed by atoms with Gasteiger partial charge >= 0.3 is 0 Å². The van der Waals surface area contributed by atoms with Gasteiger partial charge in [-0.25, -0.2) is 0 Å². The molecule has 2 aliphatic rings. The molecule has 1 saturated carbocycles. The molecule has 1 N–H and O–H groups in total. The van der Waals surface area contributed by atoms with E-state index in [-0.39, 0.29) is 5.91 Å². The number of carbonyl (C=O) groups is 1. The zero-order chi connectivity index (χ0) is 14.1. The first-order valence-electron chi connectivity index (χ1n) is 7.14. The van der Waals surface area contributed by atoms with Gasteiger partial charge in [-0.1, -0.05) is 11.6 Å². The van der Waals surface area contributed by atoms with E-state index in [1.54, 1.807) is 6.07 Å². The molecule has 20 heavy (non-hydrogen) atoms. The van der Waals surface area contributed by atoms with Gasteiger partial charge in [0.25, 0.3) is 5.91 Å². The van der Waals surface area contributed by atoms with E-state index in [4.69, 9.17) is 11.6 Å². The summed E-state index contributed by atoms with van der Waals surface area (Å²) in [6, 6.07) is 6.43. The highest BCUT2D eigenvalue weighted by Crippen LogP contribution is 2.30. The van der Waals surface area contributed by atoms with Crippen molar-refractivity contribution in [2.45, 2.75) is 37.8 Å². The largest absolute Gasteiger partial charge is 0.334 e. The third kappa shape index (κ3) is 3.28. The lowest BCUT2D eigenvalue weighted by atomic mass is 10.1. The van der Waals surface area contributed by atoms with Gasteiger partial charge in [-0.05, 0) is 73.0 Å². The Morgan fingerprint density at radius 3 is 2.85 bits per heavy atom. The maximum atomic E-state index is 12.8. The summed E-state index contributed by atoms with van der Waals surface area (Å²) in [6.07, 6.45) is 4.65. The van der Waals surface area contributed by atoms with E-state index < -0.39 is 0 Å². The summed E-state index contributed by atoms with van der Waals surface area (Å²) in [5.41, 5.74) is 0.739. The minimum atomic E-state index is 0.133. The smallest absolute Gasteiger partial charge is 0.255 e. The van der Waals surface area contributed by atoms with Crippen molar-refractivity contribution in [3.05, 3.63) is 32.4 Å². The van der Waals surface area contributed by atoms with Gasteiger partial charge in [-0.15, -0.1) is 0 Å². The van der Waals surface area contributed by atoms with E-state index in [9.17, 15) is 4.79 Å². The van der Waals surface area contributed by atoms with E-state index in [1.807, 2.05) is 12.1 Å². The van der Waals surface area contributed by atoms with Gasteiger partial charge in [-0.2, -0.15) is 0 Å². The minimum absolute atomic E-state index is 0.133. The van der Waals surface area contributed by atoms with Crippen molar-refractivity contribution in [2.24, 2.45) is 0 Å². The number of carbonyl (C=O) groups excluding carboxylic acids is 1. The second-order valence-corrected chi connectivity index (χ2v) is 7.20. The van der Waals surface area contributed by atoms with Crippen LogP contribution in [0.3, 0.4) is 0 Å². The van der Waals surface area contributed by atoms with Crippen LogP contribution in [-0.4, -0.2) is 36.0 Å². The van der Waals surface area contributed by atoms with Gasteiger partial charge in [0.05, 0.1) is 5.56 Å². The van der Waals surface area contributed by atoms with Crippen LogP contribution in [0.2, 0.25) is 5.02 Å². The number of amides is 1. The first-order chi connectivity index (χ1) is 9.65. The molecule has 3 rings (SSSR count). The van der Waals surface area contributed by atoms with Crippen LogP contribution in [0.15, 0.2) is 18.2 Å². The van der Waals surface area contributed by atoms with E-state index >= 15 is 0 Å². The predicted molar refractivity (Wildman–Crippen MR) is 89.3 cm³/mol. The third-order valence-electron chi connectivity index (χ3n) is 3.99. The Bertz CT molecular complexity index is 513. The van der Waals surface area contributed by atoms with Crippen molar-refractivity contribution in [3.63, 3.8) is 0 Å². The number of rotatable bonds is 4. The van der Waals surface area contributed by atoms with Crippen LogP contribution in [0.1, 0.15) is 36.0 Å². The molecule has 1 saturated heterocycles. The van der Waals surface area contributed by atoms with Crippen LogP contribution < -0.4 is 5.32 Å². The van der Waals surface area contributed by atoms with Crippen molar-refractivity contribution < 1.29 is 4.79 Å². The van der Waals surface area contributed by atoms with E-state index in [1.165, 1.54) is 12.8 Å². The number of hydrogen-bond donors (Lipinski definition) is 1. The molecule has 0 radical (unpaired) electrons. The Hall–Kier alpha value is -0.330. The lowest BCUT2D eigenvalue weighted by molar-refractivity contribution is 0.0727. The fourth-order valence-corrected chi connectivity index (χ4v) is 3.49. The van der Waals surface area contributed by atoms with Crippen LogP contribution in [0.25, 0.3) is 0 Å². The predicted octanol–water partition coefficient (Wildman–Crippen LogP) is 3.30. The first kappa shape index (κ1) is 14.6. The average Bonchev–Trinajstić information content (AvgIpc) is 3.15. The van der Waals surface area contributed by atoms with Gasteiger partial charge < -0.3 is 10.2 Å². The van der Waals surface area contributed by atoms with Crippen molar-refractivity contribution in [2.75, 3.05) is 13.1 Å². The SMILES string of the molecule is O=C(c1cc(Cl)ccc1I)N(CC1CCCN1)C1CC1. The molecule has 1 aliphatic carbocycles. The summed E-state index contributed by atoms with van der Waals surface area (Å²) in [5.74, 6) is 0.133. The normalized spacial score (nSPS) is 22.0. The van der Waals surface area contributed by atoms with Crippen molar-refractivity contribution >= 4 is 40.1 Å². The Balaban J connectivity index is 1.79. The minimum Gasteiger partial charge on any atom is -0.334 e. The highest BCUT2D eigenvalue weighted by atomic mass is 127. The molecule has 5 heteroatoms. The topological polar surface area (TPSA) is 32.3 Å². The maximum absolute atomic E-state index is 12.8. The number of benzene rings is 1. The number of halogens is 2. The fraction of sp³-hybridized carbons (Fsp3) is 0.533. The molecule has 1 unspecified atom stereocenters. The van der Waals surface area contributed by atoms with Crippen LogP contribution in [0.4, 0.5) is 0 Å².